The van der Waals surface area contributed by atoms with Gasteiger partial charge in [0.1, 0.15) is 6.07 Å². The first kappa shape index (κ1) is 14.9. The van der Waals surface area contributed by atoms with E-state index in [1.165, 1.54) is 5.56 Å². The molecule has 0 radical (unpaired) electrons. The summed E-state index contributed by atoms with van der Waals surface area (Å²) in [5.74, 6) is -0.0556. The number of aryl methyl sites for hydroxylation is 2. The molecule has 1 aromatic heterocycles. The molecule has 0 fully saturated rings. The van der Waals surface area contributed by atoms with Crippen LogP contribution in [0, 0.1) is 23.2 Å². The molecular formula is C20H19N3O. The molecule has 2 aliphatic carbocycles. The zero-order valence-electron chi connectivity index (χ0n) is 13.9. The molecule has 4 rings (SSSR count). The van der Waals surface area contributed by atoms with E-state index in [4.69, 9.17) is 0 Å². The first-order chi connectivity index (χ1) is 11.6. The molecule has 0 bridgehead atoms. The summed E-state index contributed by atoms with van der Waals surface area (Å²) < 4.78 is 1.92. The second-order valence-corrected chi connectivity index (χ2v) is 6.84. The minimum absolute atomic E-state index is 0.0281. The average molecular weight is 317 g/mol. The maximum Gasteiger partial charge on any atom is 0.176 e. The first-order valence-corrected chi connectivity index (χ1v) is 8.33. The average Bonchev–Trinajstić information content (AvgIpc) is 3.00. The smallest absolute Gasteiger partial charge is 0.176 e. The number of allylic oxidation sites excluding steroid dienone is 2. The highest BCUT2D eigenvalue weighted by Crippen LogP contribution is 2.53. The van der Waals surface area contributed by atoms with Crippen molar-refractivity contribution in [3.05, 3.63) is 65.0 Å². The van der Waals surface area contributed by atoms with E-state index in [9.17, 15) is 10.1 Å². The van der Waals surface area contributed by atoms with Gasteiger partial charge in [-0.05, 0) is 36.0 Å². The van der Waals surface area contributed by atoms with E-state index in [-0.39, 0.29) is 23.2 Å². The van der Waals surface area contributed by atoms with E-state index in [2.05, 4.69) is 23.3 Å². The Morgan fingerprint density at radius 3 is 2.79 bits per heavy atom. The normalized spacial score (nSPS) is 28.5. The SMILES string of the molecule is C[C@@H]1C(=O)C(C#N)=C[C@]2(c3ccccc3)c3c(cnn3C)CC[C@@H]12. The van der Waals surface area contributed by atoms with Gasteiger partial charge in [-0.3, -0.25) is 9.48 Å². The summed E-state index contributed by atoms with van der Waals surface area (Å²) in [5.41, 5.74) is 3.28. The predicted molar refractivity (Wildman–Crippen MR) is 90.1 cm³/mol. The number of hydrogen-bond acceptors (Lipinski definition) is 3. The highest BCUT2D eigenvalue weighted by Gasteiger charge is 2.53. The van der Waals surface area contributed by atoms with Crippen molar-refractivity contribution >= 4 is 5.78 Å². The molecule has 24 heavy (non-hydrogen) atoms. The van der Waals surface area contributed by atoms with Gasteiger partial charge in [-0.1, -0.05) is 37.3 Å². The Morgan fingerprint density at radius 2 is 2.08 bits per heavy atom. The third kappa shape index (κ3) is 1.78. The second-order valence-electron chi connectivity index (χ2n) is 6.84. The standard InChI is InChI=1S/C20H19N3O/c1-13-17-9-8-14-12-22-23(2)19(14)20(17,10-15(11-21)18(13)24)16-6-4-3-5-7-16/h3-7,10,12-13,17H,8-9H2,1-2H3/t13-,17-,20+/m0/s1. The Kier molecular flexibility index (Phi) is 3.21. The molecule has 0 aliphatic heterocycles. The number of carbonyl (C=O) groups excluding carboxylic acids is 1. The highest BCUT2D eigenvalue weighted by atomic mass is 16.1. The highest BCUT2D eigenvalue weighted by molar-refractivity contribution is 6.02. The summed E-state index contributed by atoms with van der Waals surface area (Å²) >= 11 is 0. The van der Waals surface area contributed by atoms with Crippen molar-refractivity contribution in [1.29, 1.82) is 5.26 Å². The quantitative estimate of drug-likeness (QED) is 0.812. The third-order valence-corrected chi connectivity index (χ3v) is 5.74. The Balaban J connectivity index is 2.11. The maximum atomic E-state index is 12.6. The van der Waals surface area contributed by atoms with Crippen LogP contribution in [0.3, 0.4) is 0 Å². The van der Waals surface area contributed by atoms with Crippen molar-refractivity contribution in [2.45, 2.75) is 25.2 Å². The van der Waals surface area contributed by atoms with Crippen molar-refractivity contribution in [3.63, 3.8) is 0 Å². The monoisotopic (exact) mass is 317 g/mol. The molecule has 0 spiro atoms. The van der Waals surface area contributed by atoms with Crippen molar-refractivity contribution in [3.8, 4) is 6.07 Å². The molecule has 0 N–H and O–H groups in total. The molecule has 3 atom stereocenters. The fraction of sp³-hybridized carbons (Fsp3) is 0.350. The number of nitrogens with zero attached hydrogens (tertiary/aromatic N) is 3. The van der Waals surface area contributed by atoms with Gasteiger partial charge in [0.2, 0.25) is 0 Å². The Morgan fingerprint density at radius 1 is 1.33 bits per heavy atom. The predicted octanol–water partition coefficient (Wildman–Crippen LogP) is 2.94. The number of benzene rings is 1. The summed E-state index contributed by atoms with van der Waals surface area (Å²) in [5, 5.41) is 14.0. The Hall–Kier alpha value is -2.67. The van der Waals surface area contributed by atoms with E-state index in [0.717, 1.165) is 24.1 Å². The molecule has 0 saturated carbocycles. The van der Waals surface area contributed by atoms with Gasteiger partial charge >= 0.3 is 0 Å². The molecule has 1 heterocycles. The van der Waals surface area contributed by atoms with Crippen molar-refractivity contribution in [1.82, 2.24) is 9.78 Å². The van der Waals surface area contributed by atoms with Crippen molar-refractivity contribution < 1.29 is 4.79 Å². The van der Waals surface area contributed by atoms with E-state index < -0.39 is 5.41 Å². The van der Waals surface area contributed by atoms with Crippen LogP contribution in [-0.4, -0.2) is 15.6 Å². The van der Waals surface area contributed by atoms with Gasteiger partial charge in [0, 0.05) is 13.0 Å². The molecule has 2 aliphatic rings. The number of aromatic nitrogens is 2. The van der Waals surface area contributed by atoms with Crippen LogP contribution in [0.5, 0.6) is 0 Å². The Labute approximate surface area is 141 Å². The number of rotatable bonds is 1. The van der Waals surface area contributed by atoms with Gasteiger partial charge in [0.25, 0.3) is 0 Å². The largest absolute Gasteiger partial charge is 0.293 e. The minimum atomic E-state index is -0.460. The molecule has 0 amide bonds. The zero-order valence-corrected chi connectivity index (χ0v) is 13.9. The molecular weight excluding hydrogens is 298 g/mol. The van der Waals surface area contributed by atoms with Crippen LogP contribution in [-0.2, 0) is 23.7 Å². The van der Waals surface area contributed by atoms with Gasteiger partial charge < -0.3 is 0 Å². The minimum Gasteiger partial charge on any atom is -0.293 e. The number of Topliss-reactive ketones (excluding diaryl/α,β-unsaturated/α-hetero) is 1. The fourth-order valence-corrected chi connectivity index (χ4v) is 4.70. The van der Waals surface area contributed by atoms with E-state index in [1.807, 2.05) is 49.1 Å². The van der Waals surface area contributed by atoms with Crippen LogP contribution in [0.1, 0.15) is 30.2 Å². The van der Waals surface area contributed by atoms with Gasteiger partial charge in [0.15, 0.2) is 5.78 Å². The first-order valence-electron chi connectivity index (χ1n) is 8.33. The van der Waals surface area contributed by atoms with E-state index in [1.54, 1.807) is 0 Å². The lowest BCUT2D eigenvalue weighted by molar-refractivity contribution is -0.121. The molecule has 120 valence electrons. The fourth-order valence-electron chi connectivity index (χ4n) is 4.70. The second kappa shape index (κ2) is 5.17. The van der Waals surface area contributed by atoms with Gasteiger partial charge in [-0.2, -0.15) is 10.4 Å². The lowest BCUT2D eigenvalue weighted by Gasteiger charge is -2.47. The van der Waals surface area contributed by atoms with Crippen LogP contribution in [0.25, 0.3) is 0 Å². The summed E-state index contributed by atoms with van der Waals surface area (Å²) in [4.78, 5) is 12.6. The summed E-state index contributed by atoms with van der Waals surface area (Å²) in [6, 6.07) is 12.4. The van der Waals surface area contributed by atoms with Crippen molar-refractivity contribution in [2.24, 2.45) is 18.9 Å². The summed E-state index contributed by atoms with van der Waals surface area (Å²) in [6.07, 6.45) is 5.69. The zero-order chi connectivity index (χ0) is 16.9. The number of hydrogen-bond donors (Lipinski definition) is 0. The van der Waals surface area contributed by atoms with E-state index >= 15 is 0 Å². The van der Waals surface area contributed by atoms with Crippen LogP contribution in [0.4, 0.5) is 0 Å². The molecule has 4 nitrogen and oxygen atoms in total. The Bertz CT molecular complexity index is 887. The summed E-state index contributed by atoms with van der Waals surface area (Å²) in [7, 11) is 1.95. The van der Waals surface area contributed by atoms with Gasteiger partial charge in [0.05, 0.1) is 22.9 Å². The number of carbonyl (C=O) groups is 1. The number of fused-ring (bicyclic) bond motifs is 3. The number of nitriles is 1. The van der Waals surface area contributed by atoms with Crippen LogP contribution < -0.4 is 0 Å². The molecule has 2 aromatic rings. The maximum absolute atomic E-state index is 12.6. The number of ketones is 1. The van der Waals surface area contributed by atoms with Gasteiger partial charge in [-0.15, -0.1) is 0 Å². The van der Waals surface area contributed by atoms with Crippen LogP contribution in [0.2, 0.25) is 0 Å². The van der Waals surface area contributed by atoms with Crippen molar-refractivity contribution in [2.75, 3.05) is 0 Å². The van der Waals surface area contributed by atoms with Crippen LogP contribution >= 0.6 is 0 Å². The topological polar surface area (TPSA) is 58.7 Å². The third-order valence-electron chi connectivity index (χ3n) is 5.74. The summed E-state index contributed by atoms with van der Waals surface area (Å²) in [6.45, 7) is 1.97. The molecule has 0 unspecified atom stereocenters. The van der Waals surface area contributed by atoms with Gasteiger partial charge in [-0.25, -0.2) is 0 Å². The molecule has 0 saturated heterocycles. The van der Waals surface area contributed by atoms with Crippen LogP contribution in [0.15, 0.2) is 48.2 Å². The van der Waals surface area contributed by atoms with E-state index in [0.29, 0.717) is 0 Å². The lowest BCUT2D eigenvalue weighted by Crippen LogP contribution is -2.48. The molecule has 1 aromatic carbocycles. The molecule has 4 heteroatoms. The lowest BCUT2D eigenvalue weighted by atomic mass is 9.54.